The highest BCUT2D eigenvalue weighted by molar-refractivity contribution is 5.95. The normalized spacial score (nSPS) is 10.8. The molecule has 0 fully saturated rings. The van der Waals surface area contributed by atoms with Crippen LogP contribution in [0.4, 0.5) is 13.2 Å². The number of alkyl halides is 3. The van der Waals surface area contributed by atoms with Crippen molar-refractivity contribution in [3.05, 3.63) is 53.6 Å². The highest BCUT2D eigenvalue weighted by Crippen LogP contribution is 2.39. The molecule has 0 radical (unpaired) electrons. The number of rotatable bonds is 9. The van der Waals surface area contributed by atoms with Crippen molar-refractivity contribution in [2.75, 3.05) is 13.7 Å². The van der Waals surface area contributed by atoms with E-state index in [1.807, 2.05) is 0 Å². The summed E-state index contributed by atoms with van der Waals surface area (Å²) in [4.78, 5) is 11.0. The molecule has 0 saturated carbocycles. The van der Waals surface area contributed by atoms with E-state index in [4.69, 9.17) is 15.9 Å². The fourth-order valence-corrected chi connectivity index (χ4v) is 2.73. The van der Waals surface area contributed by atoms with Crippen LogP contribution in [0, 0.1) is 5.41 Å². The van der Waals surface area contributed by atoms with Crippen LogP contribution in [0.5, 0.6) is 5.75 Å². The van der Waals surface area contributed by atoms with Gasteiger partial charge in [0.25, 0.3) is 0 Å². The van der Waals surface area contributed by atoms with Gasteiger partial charge in [-0.15, -0.1) is 12.4 Å². The Hall–Kier alpha value is -2.74. The zero-order valence-electron chi connectivity index (χ0n) is 16.4. The lowest BCUT2D eigenvalue weighted by Crippen LogP contribution is -2.11. The molecule has 0 aliphatic heterocycles. The van der Waals surface area contributed by atoms with E-state index in [0.717, 1.165) is 6.07 Å². The highest BCUT2D eigenvalue weighted by atomic mass is 35.5. The predicted molar refractivity (Wildman–Crippen MR) is 111 cm³/mol. The van der Waals surface area contributed by atoms with E-state index in [-0.39, 0.29) is 43.0 Å². The molecule has 0 spiro atoms. The van der Waals surface area contributed by atoms with Crippen LogP contribution in [-0.2, 0) is 15.7 Å². The van der Waals surface area contributed by atoms with Gasteiger partial charge in [0.05, 0.1) is 19.3 Å². The molecule has 0 unspecified atom stereocenters. The number of esters is 1. The van der Waals surface area contributed by atoms with Gasteiger partial charge in [-0.05, 0) is 42.5 Å². The van der Waals surface area contributed by atoms with Crippen LogP contribution in [0.25, 0.3) is 11.1 Å². The van der Waals surface area contributed by atoms with Crippen molar-refractivity contribution in [3.63, 3.8) is 0 Å². The Morgan fingerprint density at radius 2 is 1.67 bits per heavy atom. The molecule has 0 aliphatic carbocycles. The maximum absolute atomic E-state index is 13.5. The lowest BCUT2D eigenvalue weighted by atomic mass is 10.0. The van der Waals surface area contributed by atoms with E-state index in [2.05, 4.69) is 4.74 Å². The van der Waals surface area contributed by atoms with Crippen LogP contribution >= 0.6 is 12.4 Å². The Morgan fingerprint density at radius 3 is 2.23 bits per heavy atom. The summed E-state index contributed by atoms with van der Waals surface area (Å²) in [5, 5.41) is 7.38. The standard InChI is InChI=1S/C21H23F3N2O3.ClH/c1-28-19(27)5-3-2-4-12-29-18-11-10-16(13-17(18)21(22,23)24)14-6-8-15(9-7-14)20(25)26;/h6-11,13H,2-5,12H2,1H3,(H3,25,26);1H. The predicted octanol–water partition coefficient (Wildman–Crippen LogP) is 5.19. The van der Waals surface area contributed by atoms with E-state index < -0.39 is 11.7 Å². The first-order valence-corrected chi connectivity index (χ1v) is 9.08. The van der Waals surface area contributed by atoms with Crippen molar-refractivity contribution in [2.45, 2.75) is 31.9 Å². The monoisotopic (exact) mass is 444 g/mol. The number of nitrogen functional groups attached to an aromatic ring is 1. The van der Waals surface area contributed by atoms with Crippen LogP contribution in [0.2, 0.25) is 0 Å². The number of ether oxygens (including phenoxy) is 2. The quantitative estimate of drug-likeness (QED) is 0.241. The molecular weight excluding hydrogens is 421 g/mol. The average molecular weight is 445 g/mol. The fourth-order valence-electron chi connectivity index (χ4n) is 2.73. The number of methoxy groups -OCH3 is 1. The Morgan fingerprint density at radius 1 is 1.03 bits per heavy atom. The number of unbranched alkanes of at least 4 members (excludes halogenated alkanes) is 2. The average Bonchev–Trinajstić information content (AvgIpc) is 2.69. The topological polar surface area (TPSA) is 85.4 Å². The van der Waals surface area contributed by atoms with Crippen LogP contribution in [-0.4, -0.2) is 25.5 Å². The van der Waals surface area contributed by atoms with Crippen LogP contribution < -0.4 is 10.5 Å². The lowest BCUT2D eigenvalue weighted by Gasteiger charge is -2.16. The van der Waals surface area contributed by atoms with Crippen molar-refractivity contribution in [2.24, 2.45) is 5.73 Å². The SMILES string of the molecule is COC(=O)CCCCCOc1ccc(-c2ccc(C(=N)N)cc2)cc1C(F)(F)F.Cl. The van der Waals surface area contributed by atoms with Crippen molar-refractivity contribution < 1.29 is 27.4 Å². The second-order valence-electron chi connectivity index (χ2n) is 6.43. The lowest BCUT2D eigenvalue weighted by molar-refractivity contribution is -0.141. The van der Waals surface area contributed by atoms with E-state index in [1.165, 1.54) is 13.2 Å². The minimum atomic E-state index is -4.56. The number of nitrogens with two attached hydrogens (primary N) is 1. The number of amidine groups is 1. The smallest absolute Gasteiger partial charge is 0.419 e. The van der Waals surface area contributed by atoms with Gasteiger partial charge in [0.2, 0.25) is 0 Å². The number of carbonyl (C=O) groups is 1. The maximum Gasteiger partial charge on any atom is 0.419 e. The largest absolute Gasteiger partial charge is 0.493 e. The first-order valence-electron chi connectivity index (χ1n) is 9.08. The van der Waals surface area contributed by atoms with Gasteiger partial charge in [0, 0.05) is 12.0 Å². The Labute approximate surface area is 179 Å². The summed E-state index contributed by atoms with van der Waals surface area (Å²) in [5.41, 5.74) is 6.01. The third-order valence-electron chi connectivity index (χ3n) is 4.32. The summed E-state index contributed by atoms with van der Waals surface area (Å²) in [5.74, 6) is -0.644. The van der Waals surface area contributed by atoms with E-state index in [1.54, 1.807) is 30.3 Å². The molecule has 3 N–H and O–H groups in total. The van der Waals surface area contributed by atoms with Crippen molar-refractivity contribution in [1.29, 1.82) is 5.41 Å². The zero-order valence-corrected chi connectivity index (χ0v) is 17.2. The van der Waals surface area contributed by atoms with Gasteiger partial charge in [-0.25, -0.2) is 0 Å². The third kappa shape index (κ3) is 7.26. The number of hydrogen-bond acceptors (Lipinski definition) is 4. The van der Waals surface area contributed by atoms with Gasteiger partial charge in [0.15, 0.2) is 0 Å². The van der Waals surface area contributed by atoms with Gasteiger partial charge in [-0.3, -0.25) is 10.2 Å². The summed E-state index contributed by atoms with van der Waals surface area (Å²) in [6.07, 6.45) is -2.51. The van der Waals surface area contributed by atoms with Crippen molar-refractivity contribution >= 4 is 24.2 Å². The zero-order chi connectivity index (χ0) is 21.4. The van der Waals surface area contributed by atoms with Crippen LogP contribution in [0.15, 0.2) is 42.5 Å². The molecule has 0 amide bonds. The molecule has 5 nitrogen and oxygen atoms in total. The molecular formula is C21H24ClF3N2O3. The van der Waals surface area contributed by atoms with Gasteiger partial charge in [-0.1, -0.05) is 30.3 Å². The second-order valence-corrected chi connectivity index (χ2v) is 6.43. The van der Waals surface area contributed by atoms with Crippen molar-refractivity contribution in [1.82, 2.24) is 0 Å². The molecule has 30 heavy (non-hydrogen) atoms. The second kappa shape index (κ2) is 11.4. The van der Waals surface area contributed by atoms with Gasteiger partial charge in [0.1, 0.15) is 11.6 Å². The molecule has 0 heterocycles. The summed E-state index contributed by atoms with van der Waals surface area (Å²) in [6.45, 7) is 0.122. The minimum absolute atomic E-state index is 0. The molecule has 0 aliphatic rings. The molecule has 2 rings (SSSR count). The van der Waals surface area contributed by atoms with Gasteiger partial charge < -0.3 is 15.2 Å². The first kappa shape index (κ1) is 25.3. The minimum Gasteiger partial charge on any atom is -0.493 e. The van der Waals surface area contributed by atoms with Crippen LogP contribution in [0.1, 0.15) is 36.8 Å². The summed E-state index contributed by atoms with van der Waals surface area (Å²) >= 11 is 0. The number of hydrogen-bond donors (Lipinski definition) is 2. The summed E-state index contributed by atoms with van der Waals surface area (Å²) in [7, 11) is 1.31. The molecule has 2 aromatic carbocycles. The van der Waals surface area contributed by atoms with Gasteiger partial charge >= 0.3 is 12.1 Å². The molecule has 164 valence electrons. The highest BCUT2D eigenvalue weighted by Gasteiger charge is 2.34. The molecule has 0 aromatic heterocycles. The summed E-state index contributed by atoms with van der Waals surface area (Å²) in [6, 6.07) is 10.3. The maximum atomic E-state index is 13.5. The number of halogens is 4. The molecule has 0 atom stereocenters. The fraction of sp³-hybridized carbons (Fsp3) is 0.333. The molecule has 0 saturated heterocycles. The third-order valence-corrected chi connectivity index (χ3v) is 4.32. The van der Waals surface area contributed by atoms with E-state index >= 15 is 0 Å². The number of carbonyl (C=O) groups excluding carboxylic acids is 1. The number of nitrogens with one attached hydrogen (secondary N) is 1. The molecule has 0 bridgehead atoms. The Bertz CT molecular complexity index is 856. The number of benzene rings is 2. The van der Waals surface area contributed by atoms with E-state index in [0.29, 0.717) is 36.0 Å². The van der Waals surface area contributed by atoms with E-state index in [9.17, 15) is 18.0 Å². The molecule has 9 heteroatoms. The first-order chi connectivity index (χ1) is 13.7. The Balaban J connectivity index is 0.00000450. The van der Waals surface area contributed by atoms with Crippen molar-refractivity contribution in [3.8, 4) is 16.9 Å². The molecule has 2 aromatic rings. The van der Waals surface area contributed by atoms with Gasteiger partial charge in [-0.2, -0.15) is 13.2 Å². The Kier molecular flexibility index (Phi) is 9.65. The van der Waals surface area contributed by atoms with Crippen LogP contribution in [0.3, 0.4) is 0 Å². The summed E-state index contributed by atoms with van der Waals surface area (Å²) < 4.78 is 50.4.